The number of nitrogens with one attached hydrogen (secondary N) is 2. The van der Waals surface area contributed by atoms with E-state index in [-0.39, 0.29) is 35.7 Å². The van der Waals surface area contributed by atoms with Crippen LogP contribution in [0.5, 0.6) is 0 Å². The van der Waals surface area contributed by atoms with Crippen LogP contribution in [0, 0.1) is 5.92 Å². The lowest BCUT2D eigenvalue weighted by Crippen LogP contribution is -2.51. The Morgan fingerprint density at radius 2 is 1.67 bits per heavy atom. The van der Waals surface area contributed by atoms with E-state index in [1.165, 1.54) is 10.9 Å². The van der Waals surface area contributed by atoms with E-state index in [0.717, 1.165) is 42.7 Å². The van der Waals surface area contributed by atoms with Crippen LogP contribution in [-0.4, -0.2) is 122 Å². The Hall–Kier alpha value is -6.06. The molecule has 1 unspecified atom stereocenters. The molecule has 8 rings (SSSR count). The number of carbonyl (C=O) groups excluding carboxylic acids is 3. The third-order valence-corrected chi connectivity index (χ3v) is 12.8. The van der Waals surface area contributed by atoms with Crippen LogP contribution >= 0.6 is 11.6 Å². The quantitative estimate of drug-likeness (QED) is 0.110. The fourth-order valence-electron chi connectivity index (χ4n) is 8.63. The van der Waals surface area contributed by atoms with Gasteiger partial charge in [0.2, 0.25) is 11.8 Å². The molecule has 3 aromatic carbocycles. The lowest BCUT2D eigenvalue weighted by molar-refractivity contribution is -0.140. The molecule has 2 aliphatic rings. The molecule has 0 saturated carbocycles. The highest BCUT2D eigenvalue weighted by Crippen LogP contribution is 2.30. The van der Waals surface area contributed by atoms with E-state index in [2.05, 4.69) is 37.4 Å². The van der Waals surface area contributed by atoms with E-state index in [1.54, 1.807) is 54.9 Å². The number of halogens is 1. The normalized spacial score (nSPS) is 16.1. The molecule has 14 nitrogen and oxygen atoms in total. The summed E-state index contributed by atoms with van der Waals surface area (Å²) in [6.45, 7) is 5.67. The minimum absolute atomic E-state index is 0.00546. The summed E-state index contributed by atoms with van der Waals surface area (Å²) in [6.07, 6.45) is 7.51. The molecule has 3 amide bonds. The zero-order chi connectivity index (χ0) is 44.6. The number of aromatic nitrogens is 4. The van der Waals surface area contributed by atoms with E-state index >= 15 is 0 Å². The topological polar surface area (TPSA) is 166 Å². The van der Waals surface area contributed by atoms with Crippen molar-refractivity contribution in [2.75, 3.05) is 64.7 Å². The molecule has 1 atom stereocenters. The first-order valence-electron chi connectivity index (χ1n) is 22.0. The van der Waals surface area contributed by atoms with Crippen LogP contribution in [0.1, 0.15) is 48.0 Å². The summed E-state index contributed by atoms with van der Waals surface area (Å²) in [6, 6.07) is 25.8. The van der Waals surface area contributed by atoms with Crippen LogP contribution in [0.4, 0.5) is 5.69 Å². The largest absolute Gasteiger partial charge is 0.388 e. The molecular weight excluding hydrogens is 830 g/mol. The number of piperidine rings is 1. The standard InChI is InChI=1S/C49H54ClN9O5/c1-56-23-25-57(26-24-56)20-15-45(60)54-38-12-14-40-43(29-38)53-33-59(48(40)63)32-49(64)16-21-58(22-17-49)47(62)36(27-34-7-3-2-4-8-34)9-6-19-52-46(61)35-11-13-39-41(50)30-42(55-44(39)28-35)37-10-5-18-51-31-37/h2-5,7-8,10-14,18,28-31,33,36,64H,6,9,15-17,19-27,32H2,1H3,(H,52,61)(H,54,60). The van der Waals surface area contributed by atoms with Crippen molar-refractivity contribution < 1.29 is 19.5 Å². The van der Waals surface area contributed by atoms with Crippen molar-refractivity contribution >= 4 is 56.8 Å². The molecule has 15 heteroatoms. The summed E-state index contributed by atoms with van der Waals surface area (Å²) in [4.78, 5) is 73.6. The molecule has 2 aliphatic heterocycles. The van der Waals surface area contributed by atoms with Crippen LogP contribution in [0.2, 0.25) is 5.02 Å². The second-order valence-electron chi connectivity index (χ2n) is 17.1. The Kier molecular flexibility index (Phi) is 14.1. The molecule has 0 aliphatic carbocycles. The number of aliphatic hydroxyl groups is 1. The lowest BCUT2D eigenvalue weighted by Gasteiger charge is -2.39. The molecule has 332 valence electrons. The van der Waals surface area contributed by atoms with E-state index in [0.29, 0.717) is 103 Å². The van der Waals surface area contributed by atoms with Crippen molar-refractivity contribution in [1.29, 1.82) is 0 Å². The van der Waals surface area contributed by atoms with Gasteiger partial charge in [0.05, 0.1) is 45.6 Å². The van der Waals surface area contributed by atoms with Crippen molar-refractivity contribution in [3.05, 3.63) is 130 Å². The number of hydrogen-bond acceptors (Lipinski definition) is 10. The minimum atomic E-state index is -1.21. The maximum atomic E-state index is 14.2. The van der Waals surface area contributed by atoms with Crippen molar-refractivity contribution in [1.82, 2.24) is 39.5 Å². The van der Waals surface area contributed by atoms with E-state index in [9.17, 15) is 24.3 Å². The summed E-state index contributed by atoms with van der Waals surface area (Å²) in [7, 11) is 2.10. The third-order valence-electron chi connectivity index (χ3n) is 12.5. The first kappa shape index (κ1) is 44.5. The summed E-state index contributed by atoms with van der Waals surface area (Å²) in [5.41, 5.74) is 3.14. The van der Waals surface area contributed by atoms with Crippen molar-refractivity contribution in [3.63, 3.8) is 0 Å². The molecule has 0 bridgehead atoms. The fourth-order valence-corrected chi connectivity index (χ4v) is 8.90. The molecular formula is C49H54ClN9O5. The Morgan fingerprint density at radius 1 is 0.891 bits per heavy atom. The number of piperazine rings is 1. The van der Waals surface area contributed by atoms with Crippen LogP contribution in [0.25, 0.3) is 33.1 Å². The molecule has 64 heavy (non-hydrogen) atoms. The van der Waals surface area contributed by atoms with Crippen LogP contribution in [0.3, 0.4) is 0 Å². The summed E-state index contributed by atoms with van der Waals surface area (Å²) in [5.74, 6) is -0.657. The van der Waals surface area contributed by atoms with Crippen LogP contribution in [-0.2, 0) is 22.6 Å². The minimum Gasteiger partial charge on any atom is -0.388 e. The molecule has 3 N–H and O–H groups in total. The van der Waals surface area contributed by atoms with Gasteiger partial charge in [-0.05, 0) is 93.2 Å². The molecule has 0 spiro atoms. The number of amides is 3. The zero-order valence-electron chi connectivity index (χ0n) is 36.1. The number of carbonyl (C=O) groups is 3. The fraction of sp³-hybridized carbons (Fsp3) is 0.367. The van der Waals surface area contributed by atoms with Crippen LogP contribution < -0.4 is 16.2 Å². The smallest absolute Gasteiger partial charge is 0.261 e. The van der Waals surface area contributed by atoms with Gasteiger partial charge < -0.3 is 30.4 Å². The number of rotatable bonds is 15. The van der Waals surface area contributed by atoms with Gasteiger partial charge in [-0.25, -0.2) is 9.97 Å². The van der Waals surface area contributed by atoms with Crippen molar-refractivity contribution in [2.24, 2.45) is 5.92 Å². The monoisotopic (exact) mass is 883 g/mol. The molecule has 3 aromatic heterocycles. The highest BCUT2D eigenvalue weighted by molar-refractivity contribution is 6.35. The Morgan fingerprint density at radius 3 is 2.44 bits per heavy atom. The average molecular weight is 884 g/mol. The lowest BCUT2D eigenvalue weighted by atomic mass is 9.88. The average Bonchev–Trinajstić information content (AvgIpc) is 3.31. The number of pyridine rings is 2. The third kappa shape index (κ3) is 11.0. The summed E-state index contributed by atoms with van der Waals surface area (Å²) < 4.78 is 1.43. The van der Waals surface area contributed by atoms with Gasteiger partial charge in [0.25, 0.3) is 11.5 Å². The van der Waals surface area contributed by atoms with Gasteiger partial charge in [-0.1, -0.05) is 48.0 Å². The second kappa shape index (κ2) is 20.2. The number of hydrogen-bond donors (Lipinski definition) is 3. The number of benzene rings is 3. The van der Waals surface area contributed by atoms with E-state index < -0.39 is 5.60 Å². The first-order valence-corrected chi connectivity index (χ1v) is 22.4. The Balaban J connectivity index is 0.849. The van der Waals surface area contributed by atoms with Crippen molar-refractivity contribution in [3.8, 4) is 11.3 Å². The van der Waals surface area contributed by atoms with E-state index in [4.69, 9.17) is 16.6 Å². The predicted octanol–water partition coefficient (Wildman–Crippen LogP) is 5.66. The van der Waals surface area contributed by atoms with Gasteiger partial charge >= 0.3 is 0 Å². The molecule has 6 aromatic rings. The van der Waals surface area contributed by atoms with Crippen molar-refractivity contribution in [2.45, 2.75) is 50.7 Å². The molecule has 5 heterocycles. The number of nitrogens with zero attached hydrogens (tertiary/aromatic N) is 7. The van der Waals surface area contributed by atoms with Gasteiger partial charge in [0, 0.05) is 99.3 Å². The molecule has 0 radical (unpaired) electrons. The van der Waals surface area contributed by atoms with Gasteiger partial charge in [0.1, 0.15) is 0 Å². The summed E-state index contributed by atoms with van der Waals surface area (Å²) >= 11 is 6.59. The van der Waals surface area contributed by atoms with Gasteiger partial charge in [0.15, 0.2) is 0 Å². The molecule has 2 fully saturated rings. The zero-order valence-corrected chi connectivity index (χ0v) is 36.8. The van der Waals surface area contributed by atoms with Gasteiger partial charge in [-0.2, -0.15) is 0 Å². The summed E-state index contributed by atoms with van der Waals surface area (Å²) in [5, 5.41) is 19.3. The molecule has 2 saturated heterocycles. The number of fused-ring (bicyclic) bond motifs is 2. The van der Waals surface area contributed by atoms with Gasteiger partial charge in [-0.3, -0.25) is 28.7 Å². The van der Waals surface area contributed by atoms with Crippen LogP contribution in [0.15, 0.2) is 108 Å². The highest BCUT2D eigenvalue weighted by atomic mass is 35.5. The maximum absolute atomic E-state index is 14.2. The number of likely N-dealkylation sites (tertiary alicyclic amines) is 1. The van der Waals surface area contributed by atoms with Gasteiger partial charge in [-0.15, -0.1) is 0 Å². The Bertz CT molecular complexity index is 2670. The number of anilines is 1. The predicted molar refractivity (Wildman–Crippen MR) is 249 cm³/mol. The van der Waals surface area contributed by atoms with E-state index in [1.807, 2.05) is 47.4 Å². The SMILES string of the molecule is CN1CCN(CCC(=O)Nc2ccc3c(=O)n(CC4(O)CCN(C(=O)C(CCCNC(=O)c5ccc6c(Cl)cc(-c7cccnc7)nc6c5)Cc5ccccc5)CC4)cnc3c2)CC1. The maximum Gasteiger partial charge on any atom is 0.261 e. The first-order chi connectivity index (χ1) is 31.0. The highest BCUT2D eigenvalue weighted by Gasteiger charge is 2.36. The second-order valence-corrected chi connectivity index (χ2v) is 17.6. The number of likely N-dealkylation sites (N-methyl/N-ethyl adjacent to an activating group) is 1. The Labute approximate surface area is 377 Å².